The van der Waals surface area contributed by atoms with E-state index in [9.17, 15) is 14.7 Å². The summed E-state index contributed by atoms with van der Waals surface area (Å²) in [6, 6.07) is 16.3. The van der Waals surface area contributed by atoms with Crippen molar-refractivity contribution in [2.75, 3.05) is 10.6 Å². The number of phenolic OH excluding ortho intramolecular Hbond substituents is 1. The normalized spacial score (nSPS) is 10.6. The lowest BCUT2D eigenvalue weighted by Gasteiger charge is -2.08. The molecule has 3 N–H and O–H groups in total. The first-order valence-electron chi connectivity index (χ1n) is 7.83. The summed E-state index contributed by atoms with van der Waals surface area (Å²) in [5.41, 5.74) is 1.34. The Labute approximate surface area is 149 Å². The van der Waals surface area contributed by atoms with Gasteiger partial charge in [0.2, 0.25) is 5.91 Å². The third-order valence-electron chi connectivity index (χ3n) is 3.44. The average Bonchev–Trinajstić information content (AvgIpc) is 3.14. The number of hydrogen-bond donors (Lipinski definition) is 3. The second-order valence-corrected chi connectivity index (χ2v) is 5.42. The average molecular weight is 348 g/mol. The Morgan fingerprint density at radius 3 is 2.42 bits per heavy atom. The molecule has 2 aromatic carbocycles. The van der Waals surface area contributed by atoms with E-state index in [0.29, 0.717) is 22.7 Å². The van der Waals surface area contributed by atoms with Crippen molar-refractivity contribution in [3.63, 3.8) is 0 Å². The summed E-state index contributed by atoms with van der Waals surface area (Å²) < 4.78 is 5.11. The molecular formula is C20H16N2O4. The second kappa shape index (κ2) is 7.85. The van der Waals surface area contributed by atoms with E-state index < -0.39 is 0 Å². The van der Waals surface area contributed by atoms with E-state index in [4.69, 9.17) is 4.42 Å². The number of rotatable bonds is 5. The quantitative estimate of drug-likeness (QED) is 0.610. The van der Waals surface area contributed by atoms with E-state index in [1.54, 1.807) is 54.6 Å². The van der Waals surface area contributed by atoms with Crippen molar-refractivity contribution < 1.29 is 19.1 Å². The highest BCUT2D eigenvalue weighted by molar-refractivity contribution is 6.06. The Kier molecular flexibility index (Phi) is 5.14. The van der Waals surface area contributed by atoms with Gasteiger partial charge in [-0.05, 0) is 48.5 Å². The van der Waals surface area contributed by atoms with E-state index in [2.05, 4.69) is 10.6 Å². The molecule has 130 valence electrons. The third-order valence-corrected chi connectivity index (χ3v) is 3.44. The van der Waals surface area contributed by atoms with Crippen LogP contribution in [0.25, 0.3) is 6.08 Å². The van der Waals surface area contributed by atoms with Crippen LogP contribution in [0.3, 0.4) is 0 Å². The molecule has 0 bridgehead atoms. The largest absolute Gasteiger partial charge is 0.508 e. The number of nitrogens with one attached hydrogen (secondary N) is 2. The van der Waals surface area contributed by atoms with Gasteiger partial charge in [-0.3, -0.25) is 9.59 Å². The van der Waals surface area contributed by atoms with E-state index >= 15 is 0 Å². The van der Waals surface area contributed by atoms with Crippen LogP contribution in [0.1, 0.15) is 16.1 Å². The SMILES string of the molecule is O=C(/C=C\c1ccco1)Nc1cccc(C(=O)Nc2cccc(O)c2)c1. The van der Waals surface area contributed by atoms with Crippen molar-refractivity contribution >= 4 is 29.3 Å². The predicted molar refractivity (Wildman–Crippen MR) is 98.9 cm³/mol. The van der Waals surface area contributed by atoms with Gasteiger partial charge < -0.3 is 20.2 Å². The lowest BCUT2D eigenvalue weighted by Crippen LogP contribution is -2.13. The highest BCUT2D eigenvalue weighted by atomic mass is 16.3. The zero-order valence-electron chi connectivity index (χ0n) is 13.7. The summed E-state index contributed by atoms with van der Waals surface area (Å²) in [6.07, 6.45) is 4.41. The number of anilines is 2. The number of amides is 2. The fraction of sp³-hybridized carbons (Fsp3) is 0. The maximum atomic E-state index is 12.3. The van der Waals surface area contributed by atoms with Gasteiger partial charge in [0, 0.05) is 29.1 Å². The molecule has 0 saturated heterocycles. The third kappa shape index (κ3) is 4.61. The van der Waals surface area contributed by atoms with Gasteiger partial charge >= 0.3 is 0 Å². The number of benzene rings is 2. The monoisotopic (exact) mass is 348 g/mol. The number of carbonyl (C=O) groups excluding carboxylic acids is 2. The molecule has 0 atom stereocenters. The molecular weight excluding hydrogens is 332 g/mol. The van der Waals surface area contributed by atoms with Crippen LogP contribution in [0.4, 0.5) is 11.4 Å². The first kappa shape index (κ1) is 17.0. The fourth-order valence-corrected chi connectivity index (χ4v) is 2.25. The minimum atomic E-state index is -0.349. The fourth-order valence-electron chi connectivity index (χ4n) is 2.25. The number of carbonyl (C=O) groups is 2. The molecule has 1 aromatic heterocycles. The van der Waals surface area contributed by atoms with Crippen LogP contribution in [-0.2, 0) is 4.79 Å². The number of hydrogen-bond acceptors (Lipinski definition) is 4. The van der Waals surface area contributed by atoms with Gasteiger partial charge in [-0.2, -0.15) is 0 Å². The maximum absolute atomic E-state index is 12.3. The molecule has 0 saturated carbocycles. The molecule has 3 rings (SSSR count). The van der Waals surface area contributed by atoms with E-state index in [1.807, 2.05) is 0 Å². The van der Waals surface area contributed by atoms with Crippen LogP contribution in [-0.4, -0.2) is 16.9 Å². The molecule has 0 aliphatic carbocycles. The van der Waals surface area contributed by atoms with Gasteiger partial charge in [0.25, 0.3) is 5.91 Å². The molecule has 0 fully saturated rings. The van der Waals surface area contributed by atoms with Crippen molar-refractivity contribution in [3.05, 3.63) is 84.3 Å². The molecule has 2 amide bonds. The Bertz CT molecular complexity index is 946. The van der Waals surface area contributed by atoms with Crippen molar-refractivity contribution in [2.45, 2.75) is 0 Å². The molecule has 0 aliphatic heterocycles. The van der Waals surface area contributed by atoms with Crippen LogP contribution in [0.2, 0.25) is 0 Å². The lowest BCUT2D eigenvalue weighted by atomic mass is 10.1. The first-order valence-corrected chi connectivity index (χ1v) is 7.83. The molecule has 26 heavy (non-hydrogen) atoms. The van der Waals surface area contributed by atoms with Gasteiger partial charge in [0.15, 0.2) is 0 Å². The van der Waals surface area contributed by atoms with Crippen LogP contribution >= 0.6 is 0 Å². The zero-order valence-corrected chi connectivity index (χ0v) is 13.7. The van der Waals surface area contributed by atoms with E-state index in [0.717, 1.165) is 0 Å². The molecule has 0 spiro atoms. The molecule has 6 heteroatoms. The van der Waals surface area contributed by atoms with Gasteiger partial charge in [-0.15, -0.1) is 0 Å². The summed E-state index contributed by atoms with van der Waals surface area (Å²) in [6.45, 7) is 0. The van der Waals surface area contributed by atoms with Crippen LogP contribution in [0.15, 0.2) is 77.4 Å². The van der Waals surface area contributed by atoms with Crippen molar-refractivity contribution in [2.24, 2.45) is 0 Å². The molecule has 0 unspecified atom stereocenters. The molecule has 1 heterocycles. The van der Waals surface area contributed by atoms with E-state index in [-0.39, 0.29) is 17.6 Å². The van der Waals surface area contributed by atoms with Crippen molar-refractivity contribution in [3.8, 4) is 5.75 Å². The minimum Gasteiger partial charge on any atom is -0.508 e. The summed E-state index contributed by atoms with van der Waals surface area (Å²) in [5, 5.41) is 14.8. The number of phenols is 1. The Morgan fingerprint density at radius 2 is 1.69 bits per heavy atom. The highest BCUT2D eigenvalue weighted by Gasteiger charge is 2.08. The predicted octanol–water partition coefficient (Wildman–Crippen LogP) is 3.89. The summed E-state index contributed by atoms with van der Waals surface area (Å²) in [5.74, 6) is -0.0590. The first-order chi connectivity index (χ1) is 12.6. The lowest BCUT2D eigenvalue weighted by molar-refractivity contribution is -0.111. The summed E-state index contributed by atoms with van der Waals surface area (Å²) >= 11 is 0. The smallest absolute Gasteiger partial charge is 0.255 e. The topological polar surface area (TPSA) is 91.6 Å². The Balaban J connectivity index is 1.65. The van der Waals surface area contributed by atoms with Gasteiger partial charge in [0.05, 0.1) is 6.26 Å². The Morgan fingerprint density at radius 1 is 0.923 bits per heavy atom. The summed E-state index contributed by atoms with van der Waals surface area (Å²) in [4.78, 5) is 24.3. The molecule has 6 nitrogen and oxygen atoms in total. The van der Waals surface area contributed by atoms with Gasteiger partial charge in [-0.1, -0.05) is 12.1 Å². The number of furan rings is 1. The molecule has 0 aliphatic rings. The standard InChI is InChI=1S/C20H16N2O4/c23-17-7-2-6-16(13-17)22-20(25)14-4-1-5-15(12-14)21-19(24)10-9-18-8-3-11-26-18/h1-13,23H,(H,21,24)(H,22,25)/b10-9-. The van der Waals surface area contributed by atoms with Gasteiger partial charge in [-0.25, -0.2) is 0 Å². The van der Waals surface area contributed by atoms with E-state index in [1.165, 1.54) is 24.5 Å². The highest BCUT2D eigenvalue weighted by Crippen LogP contribution is 2.17. The van der Waals surface area contributed by atoms with Gasteiger partial charge in [0.1, 0.15) is 11.5 Å². The number of aromatic hydroxyl groups is 1. The second-order valence-electron chi connectivity index (χ2n) is 5.42. The molecule has 3 aromatic rings. The van der Waals surface area contributed by atoms with Crippen molar-refractivity contribution in [1.82, 2.24) is 0 Å². The minimum absolute atomic E-state index is 0.0622. The molecule has 0 radical (unpaired) electrons. The van der Waals surface area contributed by atoms with Crippen molar-refractivity contribution in [1.29, 1.82) is 0 Å². The summed E-state index contributed by atoms with van der Waals surface area (Å²) in [7, 11) is 0. The van der Waals surface area contributed by atoms with Crippen LogP contribution < -0.4 is 10.6 Å². The van der Waals surface area contributed by atoms with Crippen LogP contribution in [0, 0.1) is 0 Å². The maximum Gasteiger partial charge on any atom is 0.255 e. The Hall–Kier alpha value is -3.80. The van der Waals surface area contributed by atoms with Crippen LogP contribution in [0.5, 0.6) is 5.75 Å². The zero-order chi connectivity index (χ0) is 18.4.